The SMILES string of the molecule is COc1cc(Br)cc(C(=O)O)c1C. The Morgan fingerprint density at radius 3 is 2.62 bits per heavy atom. The largest absolute Gasteiger partial charge is 0.496 e. The maximum absolute atomic E-state index is 10.8. The van der Waals surface area contributed by atoms with E-state index in [4.69, 9.17) is 9.84 Å². The summed E-state index contributed by atoms with van der Waals surface area (Å²) in [5.41, 5.74) is 0.893. The summed E-state index contributed by atoms with van der Waals surface area (Å²) >= 11 is 3.21. The van der Waals surface area contributed by atoms with Gasteiger partial charge in [0.25, 0.3) is 0 Å². The van der Waals surface area contributed by atoms with Crippen LogP contribution in [-0.4, -0.2) is 18.2 Å². The Kier molecular flexibility index (Phi) is 2.93. The fourth-order valence-electron chi connectivity index (χ4n) is 1.09. The normalized spacial score (nSPS) is 9.77. The topological polar surface area (TPSA) is 46.5 Å². The van der Waals surface area contributed by atoms with E-state index in [9.17, 15) is 4.79 Å². The van der Waals surface area contributed by atoms with Crippen molar-refractivity contribution < 1.29 is 14.6 Å². The molecule has 0 fully saturated rings. The van der Waals surface area contributed by atoms with Crippen LogP contribution in [0.15, 0.2) is 16.6 Å². The first-order chi connectivity index (χ1) is 6.06. The van der Waals surface area contributed by atoms with Crippen molar-refractivity contribution in [3.8, 4) is 5.75 Å². The number of carbonyl (C=O) groups is 1. The monoisotopic (exact) mass is 244 g/mol. The second kappa shape index (κ2) is 3.79. The lowest BCUT2D eigenvalue weighted by atomic mass is 10.1. The average Bonchev–Trinajstić information content (AvgIpc) is 2.08. The van der Waals surface area contributed by atoms with Crippen molar-refractivity contribution in [1.82, 2.24) is 0 Å². The van der Waals surface area contributed by atoms with E-state index in [-0.39, 0.29) is 5.56 Å². The second-order valence-electron chi connectivity index (χ2n) is 2.59. The van der Waals surface area contributed by atoms with Crippen LogP contribution in [0, 0.1) is 6.92 Å². The van der Waals surface area contributed by atoms with Gasteiger partial charge in [-0.25, -0.2) is 4.79 Å². The Bertz CT molecular complexity index is 347. The van der Waals surface area contributed by atoms with E-state index in [0.717, 1.165) is 0 Å². The molecule has 0 unspecified atom stereocenters. The second-order valence-corrected chi connectivity index (χ2v) is 3.50. The number of halogens is 1. The quantitative estimate of drug-likeness (QED) is 0.870. The van der Waals surface area contributed by atoms with E-state index >= 15 is 0 Å². The van der Waals surface area contributed by atoms with Crippen molar-refractivity contribution in [3.63, 3.8) is 0 Å². The summed E-state index contributed by atoms with van der Waals surface area (Å²) in [7, 11) is 1.51. The molecule has 1 rings (SSSR count). The van der Waals surface area contributed by atoms with Crippen LogP contribution < -0.4 is 4.74 Å². The van der Waals surface area contributed by atoms with Crippen LogP contribution in [0.4, 0.5) is 0 Å². The van der Waals surface area contributed by atoms with Gasteiger partial charge in [-0.1, -0.05) is 15.9 Å². The molecule has 0 saturated heterocycles. The zero-order chi connectivity index (χ0) is 10.0. The highest BCUT2D eigenvalue weighted by atomic mass is 79.9. The Labute approximate surface area is 84.5 Å². The molecule has 0 bridgehead atoms. The number of ether oxygens (including phenoxy) is 1. The Hall–Kier alpha value is -1.03. The molecular weight excluding hydrogens is 236 g/mol. The third-order valence-corrected chi connectivity index (χ3v) is 2.23. The van der Waals surface area contributed by atoms with Gasteiger partial charge in [-0.3, -0.25) is 0 Å². The number of aromatic carboxylic acids is 1. The standard InChI is InChI=1S/C9H9BrO3/c1-5-7(9(11)12)3-6(10)4-8(5)13-2/h3-4H,1-2H3,(H,11,12). The van der Waals surface area contributed by atoms with Crippen molar-refractivity contribution >= 4 is 21.9 Å². The molecule has 0 atom stereocenters. The molecule has 0 aliphatic rings. The molecule has 0 amide bonds. The van der Waals surface area contributed by atoms with Crippen LogP contribution in [0.2, 0.25) is 0 Å². The highest BCUT2D eigenvalue weighted by Crippen LogP contribution is 2.26. The first kappa shape index (κ1) is 10.1. The molecule has 70 valence electrons. The van der Waals surface area contributed by atoms with Gasteiger partial charge in [-0.05, 0) is 19.1 Å². The van der Waals surface area contributed by atoms with Crippen molar-refractivity contribution in [2.45, 2.75) is 6.92 Å². The smallest absolute Gasteiger partial charge is 0.336 e. The lowest BCUT2D eigenvalue weighted by Crippen LogP contribution is -2.01. The fourth-order valence-corrected chi connectivity index (χ4v) is 1.53. The molecular formula is C9H9BrO3. The predicted molar refractivity (Wildman–Crippen MR) is 52.4 cm³/mol. The van der Waals surface area contributed by atoms with Gasteiger partial charge >= 0.3 is 5.97 Å². The van der Waals surface area contributed by atoms with E-state index in [2.05, 4.69) is 15.9 Å². The summed E-state index contributed by atoms with van der Waals surface area (Å²) in [5.74, 6) is -0.371. The van der Waals surface area contributed by atoms with Crippen molar-refractivity contribution in [2.24, 2.45) is 0 Å². The van der Waals surface area contributed by atoms with E-state index in [0.29, 0.717) is 15.8 Å². The Balaban J connectivity index is 3.35. The molecule has 1 N–H and O–H groups in total. The number of benzene rings is 1. The number of carboxylic acids is 1. The van der Waals surface area contributed by atoms with Crippen LogP contribution >= 0.6 is 15.9 Å². The molecule has 13 heavy (non-hydrogen) atoms. The molecule has 0 aliphatic heterocycles. The number of hydrogen-bond acceptors (Lipinski definition) is 2. The number of hydrogen-bond donors (Lipinski definition) is 1. The molecule has 0 aromatic heterocycles. The molecule has 0 saturated carbocycles. The predicted octanol–water partition coefficient (Wildman–Crippen LogP) is 2.46. The zero-order valence-electron chi connectivity index (χ0n) is 7.30. The number of methoxy groups -OCH3 is 1. The molecule has 4 heteroatoms. The minimum atomic E-state index is -0.947. The van der Waals surface area contributed by atoms with Crippen LogP contribution in [-0.2, 0) is 0 Å². The molecule has 0 aliphatic carbocycles. The number of rotatable bonds is 2. The summed E-state index contributed by atoms with van der Waals surface area (Å²) in [6.07, 6.45) is 0. The van der Waals surface area contributed by atoms with E-state index in [1.165, 1.54) is 7.11 Å². The maximum atomic E-state index is 10.8. The van der Waals surface area contributed by atoms with E-state index < -0.39 is 5.97 Å². The van der Waals surface area contributed by atoms with Crippen molar-refractivity contribution in [1.29, 1.82) is 0 Å². The lowest BCUT2D eigenvalue weighted by molar-refractivity contribution is 0.0695. The zero-order valence-corrected chi connectivity index (χ0v) is 8.88. The summed E-state index contributed by atoms with van der Waals surface area (Å²) in [6.45, 7) is 1.72. The third kappa shape index (κ3) is 2.01. The highest BCUT2D eigenvalue weighted by molar-refractivity contribution is 9.10. The summed E-state index contributed by atoms with van der Waals surface area (Å²) in [6, 6.07) is 3.29. The van der Waals surface area contributed by atoms with Crippen LogP contribution in [0.3, 0.4) is 0 Å². The lowest BCUT2D eigenvalue weighted by Gasteiger charge is -2.07. The maximum Gasteiger partial charge on any atom is 0.336 e. The van der Waals surface area contributed by atoms with E-state index in [1.807, 2.05) is 0 Å². The van der Waals surface area contributed by atoms with Gasteiger partial charge in [0.1, 0.15) is 5.75 Å². The first-order valence-electron chi connectivity index (χ1n) is 3.63. The minimum absolute atomic E-state index is 0.256. The molecule has 3 nitrogen and oxygen atoms in total. The number of carboxylic acid groups (broad SMARTS) is 1. The van der Waals surface area contributed by atoms with Gasteiger partial charge in [0.15, 0.2) is 0 Å². The van der Waals surface area contributed by atoms with Crippen molar-refractivity contribution in [3.05, 3.63) is 27.7 Å². The molecule has 0 spiro atoms. The van der Waals surface area contributed by atoms with Gasteiger partial charge in [0.05, 0.1) is 12.7 Å². The Morgan fingerprint density at radius 2 is 2.15 bits per heavy atom. The summed E-state index contributed by atoms with van der Waals surface area (Å²) in [5, 5.41) is 8.83. The van der Waals surface area contributed by atoms with Gasteiger partial charge < -0.3 is 9.84 Å². The van der Waals surface area contributed by atoms with Crippen LogP contribution in [0.1, 0.15) is 15.9 Å². The summed E-state index contributed by atoms with van der Waals surface area (Å²) in [4.78, 5) is 10.8. The molecule has 0 heterocycles. The molecule has 1 aromatic rings. The highest BCUT2D eigenvalue weighted by Gasteiger charge is 2.12. The summed E-state index contributed by atoms with van der Waals surface area (Å²) < 4.78 is 5.72. The van der Waals surface area contributed by atoms with E-state index in [1.54, 1.807) is 19.1 Å². The van der Waals surface area contributed by atoms with Crippen molar-refractivity contribution in [2.75, 3.05) is 7.11 Å². The molecule has 0 radical (unpaired) electrons. The van der Waals surface area contributed by atoms with Crippen LogP contribution in [0.25, 0.3) is 0 Å². The third-order valence-electron chi connectivity index (χ3n) is 1.78. The van der Waals surface area contributed by atoms with Crippen LogP contribution in [0.5, 0.6) is 5.75 Å². The molecule has 1 aromatic carbocycles. The average molecular weight is 245 g/mol. The van der Waals surface area contributed by atoms with Gasteiger partial charge in [-0.2, -0.15) is 0 Å². The fraction of sp³-hybridized carbons (Fsp3) is 0.222. The van der Waals surface area contributed by atoms with Gasteiger partial charge in [0, 0.05) is 10.0 Å². The van der Waals surface area contributed by atoms with Gasteiger partial charge in [-0.15, -0.1) is 0 Å². The minimum Gasteiger partial charge on any atom is -0.496 e. The Morgan fingerprint density at radius 1 is 1.54 bits per heavy atom. The van der Waals surface area contributed by atoms with Gasteiger partial charge in [0.2, 0.25) is 0 Å². The first-order valence-corrected chi connectivity index (χ1v) is 4.43.